The highest BCUT2D eigenvalue weighted by atomic mass is 35.5. The second-order valence-corrected chi connectivity index (χ2v) is 8.31. The number of urea groups is 1. The van der Waals surface area contributed by atoms with E-state index in [1.807, 2.05) is 0 Å². The molecule has 1 fully saturated rings. The van der Waals surface area contributed by atoms with Crippen molar-refractivity contribution in [3.63, 3.8) is 0 Å². The van der Waals surface area contributed by atoms with E-state index >= 15 is 0 Å². The first-order valence-electron chi connectivity index (χ1n) is 11.8. The monoisotopic (exact) mass is 583 g/mol. The number of benzene rings is 2. The number of imide groups is 1. The van der Waals surface area contributed by atoms with E-state index in [2.05, 4.69) is 25.8 Å². The third kappa shape index (κ3) is 10.3. The number of morpholine rings is 1. The summed E-state index contributed by atoms with van der Waals surface area (Å²) in [6, 6.07) is 11.7. The predicted octanol–water partition coefficient (Wildman–Crippen LogP) is 4.63. The summed E-state index contributed by atoms with van der Waals surface area (Å²) in [7, 11) is 0. The van der Waals surface area contributed by atoms with E-state index in [-0.39, 0.29) is 42.7 Å². The summed E-state index contributed by atoms with van der Waals surface area (Å²) in [4.78, 5) is 30.7. The van der Waals surface area contributed by atoms with Crippen LogP contribution in [0.2, 0.25) is 0 Å². The van der Waals surface area contributed by atoms with E-state index in [4.69, 9.17) is 9.47 Å². The number of rotatable bonds is 9. The summed E-state index contributed by atoms with van der Waals surface area (Å²) in [6.45, 7) is 4.82. The molecule has 0 aliphatic carbocycles. The molecule has 0 atom stereocenters. The number of anilines is 2. The maximum atomic E-state index is 14.6. The number of nitrogens with zero attached hydrogens (tertiary/aromatic N) is 2. The Labute approximate surface area is 237 Å². The van der Waals surface area contributed by atoms with E-state index in [1.165, 1.54) is 36.4 Å². The third-order valence-electron chi connectivity index (χ3n) is 5.52. The fourth-order valence-corrected chi connectivity index (χ4v) is 3.65. The minimum absolute atomic E-state index is 0. The number of nitrogens with one attached hydrogen (secondary N) is 3. The molecule has 210 valence electrons. The topological polar surface area (TPSA) is 105 Å². The molecule has 39 heavy (non-hydrogen) atoms. The molecule has 1 aromatic heterocycles. The van der Waals surface area contributed by atoms with Gasteiger partial charge in [0.15, 0.2) is 11.6 Å². The van der Waals surface area contributed by atoms with Crippen LogP contribution in [-0.4, -0.2) is 61.2 Å². The number of amides is 3. The van der Waals surface area contributed by atoms with Crippen molar-refractivity contribution in [2.24, 2.45) is 0 Å². The Morgan fingerprint density at radius 1 is 1.00 bits per heavy atom. The van der Waals surface area contributed by atoms with Crippen LogP contribution in [0.4, 0.5) is 25.1 Å². The molecule has 3 amide bonds. The Morgan fingerprint density at radius 3 is 2.46 bits per heavy atom. The number of carbonyl (C=O) groups excluding carboxylic acids is 2. The van der Waals surface area contributed by atoms with Crippen LogP contribution in [0.3, 0.4) is 0 Å². The van der Waals surface area contributed by atoms with Gasteiger partial charge < -0.3 is 20.1 Å². The molecule has 3 N–H and O–H groups in total. The predicted molar refractivity (Wildman–Crippen MR) is 148 cm³/mol. The Hall–Kier alpha value is -3.51. The summed E-state index contributed by atoms with van der Waals surface area (Å²) in [5.74, 6) is -0.745. The fraction of sp³-hybridized carbons (Fsp3) is 0.269. The van der Waals surface area contributed by atoms with Gasteiger partial charge in [0.2, 0.25) is 5.91 Å². The molecule has 1 saturated heterocycles. The van der Waals surface area contributed by atoms with Crippen LogP contribution in [0, 0.1) is 11.6 Å². The van der Waals surface area contributed by atoms with Crippen LogP contribution in [-0.2, 0) is 16.0 Å². The van der Waals surface area contributed by atoms with Gasteiger partial charge in [-0.2, -0.15) is 0 Å². The van der Waals surface area contributed by atoms with E-state index in [1.54, 1.807) is 18.3 Å². The van der Waals surface area contributed by atoms with Crippen molar-refractivity contribution in [2.75, 3.05) is 50.0 Å². The van der Waals surface area contributed by atoms with E-state index in [9.17, 15) is 18.4 Å². The molecule has 1 aliphatic rings. The fourth-order valence-electron chi connectivity index (χ4n) is 3.65. The van der Waals surface area contributed by atoms with Crippen molar-refractivity contribution in [3.8, 4) is 11.5 Å². The molecule has 1 aliphatic heterocycles. The van der Waals surface area contributed by atoms with Crippen LogP contribution in [0.1, 0.15) is 5.56 Å². The van der Waals surface area contributed by atoms with Crippen LogP contribution < -0.4 is 20.7 Å². The molecule has 0 saturated carbocycles. The molecule has 0 bridgehead atoms. The van der Waals surface area contributed by atoms with Crippen molar-refractivity contribution in [1.82, 2.24) is 15.2 Å². The van der Waals surface area contributed by atoms with Gasteiger partial charge in [-0.25, -0.2) is 18.6 Å². The van der Waals surface area contributed by atoms with Gasteiger partial charge in [0, 0.05) is 50.2 Å². The number of carbonyl (C=O) groups is 2. The number of ether oxygens (including phenoxy) is 2. The number of aromatic nitrogens is 1. The third-order valence-corrected chi connectivity index (χ3v) is 5.52. The van der Waals surface area contributed by atoms with Gasteiger partial charge in [-0.15, -0.1) is 24.8 Å². The molecule has 2 aromatic carbocycles. The maximum absolute atomic E-state index is 14.6. The molecular weight excluding hydrogens is 555 g/mol. The minimum atomic E-state index is -0.817. The van der Waals surface area contributed by atoms with Crippen LogP contribution >= 0.6 is 24.8 Å². The molecule has 9 nitrogen and oxygen atoms in total. The van der Waals surface area contributed by atoms with Crippen molar-refractivity contribution < 1.29 is 27.8 Å². The molecule has 2 heterocycles. The molecule has 3 aromatic rings. The number of hydrogen-bond donors (Lipinski definition) is 3. The number of hydrogen-bond acceptors (Lipinski definition) is 7. The summed E-state index contributed by atoms with van der Waals surface area (Å²) in [6.07, 6.45) is 1.46. The first kappa shape index (κ1) is 31.7. The second-order valence-electron chi connectivity index (χ2n) is 8.31. The highest BCUT2D eigenvalue weighted by molar-refractivity contribution is 6.01. The van der Waals surface area contributed by atoms with Gasteiger partial charge in [0.1, 0.15) is 17.4 Å². The van der Waals surface area contributed by atoms with E-state index < -0.39 is 23.6 Å². The zero-order chi connectivity index (χ0) is 26.0. The van der Waals surface area contributed by atoms with Gasteiger partial charge in [-0.1, -0.05) is 12.1 Å². The molecule has 0 spiro atoms. The second kappa shape index (κ2) is 15.8. The van der Waals surface area contributed by atoms with Gasteiger partial charge in [-0.3, -0.25) is 15.0 Å². The highest BCUT2D eigenvalue weighted by Crippen LogP contribution is 2.27. The average Bonchev–Trinajstić information content (AvgIpc) is 2.88. The minimum Gasteiger partial charge on any atom is -0.454 e. The molecule has 0 radical (unpaired) electrons. The summed E-state index contributed by atoms with van der Waals surface area (Å²) in [5.41, 5.74) is 0.683. The smallest absolute Gasteiger partial charge is 0.325 e. The van der Waals surface area contributed by atoms with Gasteiger partial charge in [0.05, 0.1) is 19.6 Å². The first-order valence-corrected chi connectivity index (χ1v) is 11.8. The first-order chi connectivity index (χ1) is 17.9. The lowest BCUT2D eigenvalue weighted by Gasteiger charge is -2.26. The normalized spacial score (nSPS) is 12.9. The van der Waals surface area contributed by atoms with Crippen molar-refractivity contribution in [2.45, 2.75) is 6.42 Å². The zero-order valence-electron chi connectivity index (χ0n) is 20.8. The molecule has 4 rings (SSSR count). The molecule has 13 heteroatoms. The van der Waals surface area contributed by atoms with Crippen LogP contribution in [0.5, 0.6) is 11.5 Å². The largest absolute Gasteiger partial charge is 0.454 e. The Bertz CT molecular complexity index is 1230. The van der Waals surface area contributed by atoms with E-state index in [0.29, 0.717) is 23.7 Å². The van der Waals surface area contributed by atoms with Crippen LogP contribution in [0.25, 0.3) is 0 Å². The van der Waals surface area contributed by atoms with Gasteiger partial charge >= 0.3 is 6.03 Å². The van der Waals surface area contributed by atoms with Crippen LogP contribution in [0.15, 0.2) is 60.8 Å². The van der Waals surface area contributed by atoms with Gasteiger partial charge in [-0.05, 0) is 35.9 Å². The lowest BCUT2D eigenvalue weighted by atomic mass is 10.1. The quantitative estimate of drug-likeness (QED) is 0.337. The standard InChI is InChI=1S/C26H27F2N5O4.2ClH/c27-19-3-1-18(2-4-19)15-25(34)32-26(35)31-20-5-6-23(22(28)16-20)37-21-7-8-29-24(17-21)30-9-10-33-11-13-36-14-12-33;;/h1-8,16-17H,9-15H2,(H,29,30)(H2,31,32,34,35);2*1H. The van der Waals surface area contributed by atoms with Gasteiger partial charge in [0.25, 0.3) is 0 Å². The lowest BCUT2D eigenvalue weighted by molar-refractivity contribution is -0.119. The average molecular weight is 584 g/mol. The lowest BCUT2D eigenvalue weighted by Crippen LogP contribution is -2.39. The summed E-state index contributed by atoms with van der Waals surface area (Å²) in [5, 5.41) is 7.78. The van der Waals surface area contributed by atoms with Crippen molar-refractivity contribution in [3.05, 3.63) is 78.0 Å². The highest BCUT2D eigenvalue weighted by Gasteiger charge is 2.13. The maximum Gasteiger partial charge on any atom is 0.325 e. The Kier molecular flexibility index (Phi) is 12.8. The summed E-state index contributed by atoms with van der Waals surface area (Å²) >= 11 is 0. The zero-order valence-corrected chi connectivity index (χ0v) is 22.5. The molecule has 0 unspecified atom stereocenters. The van der Waals surface area contributed by atoms with Crippen molar-refractivity contribution in [1.29, 1.82) is 0 Å². The number of halogens is 4. The van der Waals surface area contributed by atoms with Crippen molar-refractivity contribution >= 4 is 48.3 Å². The number of pyridine rings is 1. The summed E-state index contributed by atoms with van der Waals surface area (Å²) < 4.78 is 38.6. The molecular formula is C26H29Cl2F2N5O4. The van der Waals surface area contributed by atoms with E-state index in [0.717, 1.165) is 38.9 Å². The SMILES string of the molecule is Cl.Cl.O=C(Cc1ccc(F)cc1)NC(=O)Nc1ccc(Oc2ccnc(NCCN3CCOCC3)c2)c(F)c1. The Balaban J connectivity index is 0.00000267. The Morgan fingerprint density at radius 2 is 1.74 bits per heavy atom.